The molecule has 3 heterocycles. The van der Waals surface area contributed by atoms with Crippen molar-refractivity contribution in [1.82, 2.24) is 34.3 Å². The normalized spacial score (nSPS) is 11.6. The van der Waals surface area contributed by atoms with Crippen LogP contribution in [0.5, 0.6) is 5.75 Å². The first kappa shape index (κ1) is 25.2. The molecule has 194 valence electrons. The molecule has 3 aromatic heterocycles. The Morgan fingerprint density at radius 1 is 1.03 bits per heavy atom. The molecule has 0 bridgehead atoms. The Balaban J connectivity index is 1.59. The first-order chi connectivity index (χ1) is 18.1. The van der Waals surface area contributed by atoms with E-state index in [0.717, 1.165) is 17.4 Å². The highest BCUT2D eigenvalue weighted by atomic mass is 35.5. The second-order valence-electron chi connectivity index (χ2n) is 8.36. The molecular weight excluding hydrogens is 523 g/mol. The Morgan fingerprint density at radius 3 is 2.53 bits per heavy atom. The number of imidazole rings is 1. The summed E-state index contributed by atoms with van der Waals surface area (Å²) in [7, 11) is 1.54. The van der Waals surface area contributed by atoms with Crippen molar-refractivity contribution in [3.05, 3.63) is 88.3 Å². The van der Waals surface area contributed by atoms with Gasteiger partial charge < -0.3 is 9.30 Å². The van der Waals surface area contributed by atoms with Crippen molar-refractivity contribution in [3.63, 3.8) is 0 Å². The van der Waals surface area contributed by atoms with Crippen molar-refractivity contribution < 1.29 is 17.9 Å². The van der Waals surface area contributed by atoms with Gasteiger partial charge in [-0.15, -0.1) is 5.10 Å². The van der Waals surface area contributed by atoms with E-state index in [1.165, 1.54) is 10.7 Å². The molecule has 13 heteroatoms. The summed E-state index contributed by atoms with van der Waals surface area (Å²) in [5, 5.41) is 12.7. The zero-order chi connectivity index (χ0) is 27.0. The highest BCUT2D eigenvalue weighted by molar-refractivity contribution is 6.30. The van der Waals surface area contributed by atoms with E-state index in [4.69, 9.17) is 16.3 Å². The third-order valence-electron chi connectivity index (χ3n) is 5.61. The van der Waals surface area contributed by atoms with Gasteiger partial charge >= 0.3 is 6.18 Å². The largest absolute Gasteiger partial charge is 0.495 e. The zero-order valence-corrected chi connectivity index (χ0v) is 20.8. The van der Waals surface area contributed by atoms with Gasteiger partial charge in [0.15, 0.2) is 0 Å². The predicted octanol–water partition coefficient (Wildman–Crippen LogP) is 4.88. The molecule has 0 aliphatic heterocycles. The number of hydrogen-bond acceptors (Lipinski definition) is 6. The number of halogens is 4. The lowest BCUT2D eigenvalue weighted by molar-refractivity contribution is -0.143. The molecule has 5 rings (SSSR count). The van der Waals surface area contributed by atoms with Crippen molar-refractivity contribution in [2.24, 2.45) is 0 Å². The van der Waals surface area contributed by atoms with Gasteiger partial charge in [0.1, 0.15) is 23.7 Å². The third-order valence-corrected chi connectivity index (χ3v) is 5.85. The molecule has 38 heavy (non-hydrogen) atoms. The van der Waals surface area contributed by atoms with Gasteiger partial charge in [-0.2, -0.15) is 18.3 Å². The Morgan fingerprint density at radius 2 is 1.84 bits per heavy atom. The van der Waals surface area contributed by atoms with Gasteiger partial charge in [0.2, 0.25) is 0 Å². The molecule has 0 fully saturated rings. The van der Waals surface area contributed by atoms with Crippen molar-refractivity contribution in [3.8, 4) is 39.6 Å². The van der Waals surface area contributed by atoms with E-state index in [0.29, 0.717) is 32.3 Å². The molecule has 9 nitrogen and oxygen atoms in total. The van der Waals surface area contributed by atoms with Crippen LogP contribution in [0.3, 0.4) is 0 Å². The smallest absolute Gasteiger partial charge is 0.408 e. The Hall–Kier alpha value is -4.45. The van der Waals surface area contributed by atoms with E-state index in [1.807, 2.05) is 29.8 Å². The number of benzene rings is 2. The molecule has 0 radical (unpaired) electrons. The van der Waals surface area contributed by atoms with Crippen LogP contribution in [0.1, 0.15) is 5.69 Å². The van der Waals surface area contributed by atoms with Crippen molar-refractivity contribution in [2.75, 3.05) is 7.11 Å². The monoisotopic (exact) mass is 541 g/mol. The molecule has 0 spiro atoms. The molecule has 0 aliphatic rings. The molecular formula is C25H19ClF3N7O2. The van der Waals surface area contributed by atoms with E-state index < -0.39 is 18.3 Å². The van der Waals surface area contributed by atoms with E-state index in [-0.39, 0.29) is 11.4 Å². The van der Waals surface area contributed by atoms with Gasteiger partial charge in [0, 0.05) is 28.4 Å². The second-order valence-corrected chi connectivity index (χ2v) is 8.79. The summed E-state index contributed by atoms with van der Waals surface area (Å²) in [5.74, 6) is 0.561. The summed E-state index contributed by atoms with van der Waals surface area (Å²) < 4.78 is 48.2. The lowest BCUT2D eigenvalue weighted by atomic mass is 10.1. The molecule has 0 aliphatic carbocycles. The summed E-state index contributed by atoms with van der Waals surface area (Å²) in [4.78, 5) is 16.8. The molecule has 0 saturated carbocycles. The SMILES string of the molecule is COc1cc(-c2cn(-c3cc(=O)n(CC(F)(F)F)nc3-c3cccc(Cl)c3)nn2)ccc1-n1cnc(C)c1. The molecule has 5 aromatic rings. The van der Waals surface area contributed by atoms with E-state index in [1.54, 1.807) is 43.9 Å². The number of nitrogens with zero attached hydrogens (tertiary/aromatic N) is 7. The highest BCUT2D eigenvalue weighted by Gasteiger charge is 2.30. The third kappa shape index (κ3) is 5.16. The molecule has 0 unspecified atom stereocenters. The van der Waals surface area contributed by atoms with Gasteiger partial charge in [0.25, 0.3) is 5.56 Å². The van der Waals surface area contributed by atoms with Gasteiger partial charge in [-0.05, 0) is 31.2 Å². The Bertz CT molecular complexity index is 1690. The standard InChI is InChI=1S/C25H19ClF3N7O2/c1-15-11-34(14-30-15)20-7-6-16(9-22(20)38-2)19-12-35(33-31-19)21-10-23(37)36(13-25(27,28)29)32-24(21)17-4-3-5-18(26)8-17/h3-12,14H,13H2,1-2H3. The van der Waals surface area contributed by atoms with Crippen molar-refractivity contribution in [2.45, 2.75) is 19.6 Å². The number of aromatic nitrogens is 7. The maximum atomic E-state index is 13.1. The number of alkyl halides is 3. The van der Waals surface area contributed by atoms with Crippen molar-refractivity contribution >= 4 is 11.6 Å². The fourth-order valence-corrected chi connectivity index (χ4v) is 4.09. The van der Waals surface area contributed by atoms with Crippen LogP contribution in [0.2, 0.25) is 5.02 Å². The summed E-state index contributed by atoms with van der Waals surface area (Å²) >= 11 is 6.11. The first-order valence-corrected chi connectivity index (χ1v) is 11.6. The topological polar surface area (TPSA) is 92.6 Å². The minimum atomic E-state index is -4.63. The molecule has 2 aromatic carbocycles. The van der Waals surface area contributed by atoms with Crippen LogP contribution in [0, 0.1) is 6.92 Å². The van der Waals surface area contributed by atoms with Gasteiger partial charge in [-0.1, -0.05) is 35.0 Å². The average Bonchev–Trinajstić information content (AvgIpc) is 3.53. The molecule has 0 atom stereocenters. The number of methoxy groups -OCH3 is 1. The van der Waals surface area contributed by atoms with Crippen LogP contribution in [-0.4, -0.2) is 47.6 Å². The Labute approximate surface area is 218 Å². The lowest BCUT2D eigenvalue weighted by Gasteiger charge is -2.13. The van der Waals surface area contributed by atoms with Gasteiger partial charge in [0.05, 0.1) is 36.7 Å². The van der Waals surface area contributed by atoms with Crippen LogP contribution in [0.4, 0.5) is 13.2 Å². The summed E-state index contributed by atoms with van der Waals surface area (Å²) in [5.41, 5.74) is 2.40. The van der Waals surface area contributed by atoms with Gasteiger partial charge in [-0.25, -0.2) is 14.3 Å². The zero-order valence-electron chi connectivity index (χ0n) is 20.0. The minimum Gasteiger partial charge on any atom is -0.495 e. The maximum absolute atomic E-state index is 13.1. The molecule has 0 amide bonds. The Kier molecular flexibility index (Phi) is 6.49. The van der Waals surface area contributed by atoms with Crippen LogP contribution in [-0.2, 0) is 6.54 Å². The first-order valence-electron chi connectivity index (χ1n) is 11.2. The molecule has 0 saturated heterocycles. The van der Waals surface area contributed by atoms with Gasteiger partial charge in [-0.3, -0.25) is 4.79 Å². The fraction of sp³-hybridized carbons (Fsp3) is 0.160. The summed E-state index contributed by atoms with van der Waals surface area (Å²) in [6.07, 6.45) is 0.451. The number of ether oxygens (including phenoxy) is 1. The van der Waals surface area contributed by atoms with Crippen LogP contribution in [0.15, 0.2) is 72.0 Å². The lowest BCUT2D eigenvalue weighted by Crippen LogP contribution is -2.31. The van der Waals surface area contributed by atoms with E-state index >= 15 is 0 Å². The molecule has 0 N–H and O–H groups in total. The highest BCUT2D eigenvalue weighted by Crippen LogP contribution is 2.31. The van der Waals surface area contributed by atoms with Crippen LogP contribution >= 0.6 is 11.6 Å². The minimum absolute atomic E-state index is 0.0798. The fourth-order valence-electron chi connectivity index (χ4n) is 3.90. The second kappa shape index (κ2) is 9.78. The van der Waals surface area contributed by atoms with Crippen LogP contribution < -0.4 is 10.3 Å². The van der Waals surface area contributed by atoms with Crippen molar-refractivity contribution in [1.29, 1.82) is 0 Å². The summed E-state index contributed by atoms with van der Waals surface area (Å²) in [6.45, 7) is 0.342. The number of rotatable bonds is 6. The predicted molar refractivity (Wildman–Crippen MR) is 134 cm³/mol. The average molecular weight is 542 g/mol. The number of aryl methyl sites for hydroxylation is 1. The van der Waals surface area contributed by atoms with Crippen LogP contribution in [0.25, 0.3) is 33.9 Å². The quantitative estimate of drug-likeness (QED) is 0.304. The summed E-state index contributed by atoms with van der Waals surface area (Å²) in [6, 6.07) is 12.9. The van der Waals surface area contributed by atoms with E-state index in [9.17, 15) is 18.0 Å². The van der Waals surface area contributed by atoms with E-state index in [2.05, 4.69) is 20.4 Å². The number of hydrogen-bond donors (Lipinski definition) is 0. The maximum Gasteiger partial charge on any atom is 0.408 e.